The lowest BCUT2D eigenvalue weighted by atomic mass is 10.1. The molecular weight excluding hydrogens is 427 g/mol. The van der Waals surface area contributed by atoms with E-state index < -0.39 is 11.9 Å². The number of ether oxygens (including phenoxy) is 1. The minimum atomic E-state index is -0.652. The number of carbonyl (C=O) groups excluding carboxylic acids is 2. The summed E-state index contributed by atoms with van der Waals surface area (Å²) in [6, 6.07) is 11.2. The van der Waals surface area contributed by atoms with Crippen molar-refractivity contribution in [3.05, 3.63) is 64.4 Å². The zero-order valence-electron chi connectivity index (χ0n) is 17.3. The van der Waals surface area contributed by atoms with Crippen LogP contribution in [-0.4, -0.2) is 42.2 Å². The molecular formula is C22H26ClFN2O3S. The predicted molar refractivity (Wildman–Crippen MR) is 119 cm³/mol. The van der Waals surface area contributed by atoms with Crippen LogP contribution >= 0.6 is 23.4 Å². The number of carbonyl (C=O) groups is 2. The zero-order valence-corrected chi connectivity index (χ0v) is 18.9. The maximum Gasteiger partial charge on any atom is 0.242 e. The molecule has 0 spiro atoms. The molecule has 0 aliphatic carbocycles. The van der Waals surface area contributed by atoms with Crippen LogP contribution < -0.4 is 10.1 Å². The fourth-order valence-electron chi connectivity index (χ4n) is 2.87. The molecule has 2 aromatic carbocycles. The summed E-state index contributed by atoms with van der Waals surface area (Å²) < 4.78 is 19.2. The van der Waals surface area contributed by atoms with E-state index in [1.54, 1.807) is 26.2 Å². The Kier molecular flexibility index (Phi) is 9.46. The number of nitrogens with zero attached hydrogens (tertiary/aromatic N) is 1. The number of thioether (sulfide) groups is 1. The molecule has 5 nitrogen and oxygen atoms in total. The van der Waals surface area contributed by atoms with E-state index in [0.717, 1.165) is 5.56 Å². The Morgan fingerprint density at radius 3 is 2.67 bits per heavy atom. The van der Waals surface area contributed by atoms with Gasteiger partial charge in [0, 0.05) is 29.4 Å². The molecule has 0 heterocycles. The minimum Gasteiger partial charge on any atom is -0.497 e. The summed E-state index contributed by atoms with van der Waals surface area (Å²) in [5.74, 6) is 0.198. The molecule has 1 atom stereocenters. The first-order chi connectivity index (χ1) is 14.4. The Hall–Kier alpha value is -2.25. The number of hydrogen-bond donors (Lipinski definition) is 1. The van der Waals surface area contributed by atoms with E-state index in [2.05, 4.69) is 5.32 Å². The molecule has 0 aliphatic rings. The number of halogens is 2. The first-order valence-corrected chi connectivity index (χ1v) is 11.1. The molecule has 30 heavy (non-hydrogen) atoms. The van der Waals surface area contributed by atoms with Crippen LogP contribution in [-0.2, 0) is 21.9 Å². The lowest BCUT2D eigenvalue weighted by Crippen LogP contribution is -2.48. The van der Waals surface area contributed by atoms with Crippen LogP contribution in [0.25, 0.3) is 0 Å². The van der Waals surface area contributed by atoms with Gasteiger partial charge in [0.2, 0.25) is 11.8 Å². The van der Waals surface area contributed by atoms with Gasteiger partial charge in [-0.05, 0) is 43.7 Å². The van der Waals surface area contributed by atoms with E-state index in [9.17, 15) is 14.0 Å². The second-order valence-electron chi connectivity index (χ2n) is 6.64. The Bertz CT molecular complexity index is 861. The van der Waals surface area contributed by atoms with Gasteiger partial charge in [0.1, 0.15) is 17.6 Å². The molecule has 2 aromatic rings. The molecule has 0 fully saturated rings. The highest BCUT2D eigenvalue weighted by Crippen LogP contribution is 2.24. The van der Waals surface area contributed by atoms with Crippen molar-refractivity contribution in [2.75, 3.05) is 19.4 Å². The van der Waals surface area contributed by atoms with E-state index in [0.29, 0.717) is 22.9 Å². The van der Waals surface area contributed by atoms with Crippen LogP contribution in [0.1, 0.15) is 25.0 Å². The molecule has 1 unspecified atom stereocenters. The maximum atomic E-state index is 14.0. The van der Waals surface area contributed by atoms with Crippen LogP contribution in [0.3, 0.4) is 0 Å². The smallest absolute Gasteiger partial charge is 0.242 e. The minimum absolute atomic E-state index is 0.0956. The van der Waals surface area contributed by atoms with Gasteiger partial charge in [0.05, 0.1) is 12.9 Å². The molecule has 0 aliphatic heterocycles. The van der Waals surface area contributed by atoms with Crippen molar-refractivity contribution < 1.29 is 18.7 Å². The number of hydrogen-bond acceptors (Lipinski definition) is 4. The topological polar surface area (TPSA) is 58.6 Å². The Labute approximate surface area is 185 Å². The molecule has 162 valence electrons. The van der Waals surface area contributed by atoms with Gasteiger partial charge in [-0.25, -0.2) is 4.39 Å². The number of nitrogens with one attached hydrogen (secondary N) is 1. The van der Waals surface area contributed by atoms with E-state index >= 15 is 0 Å². The zero-order chi connectivity index (χ0) is 22.1. The van der Waals surface area contributed by atoms with E-state index in [1.165, 1.54) is 22.7 Å². The fraction of sp³-hybridized carbons (Fsp3) is 0.364. The van der Waals surface area contributed by atoms with Gasteiger partial charge in [0.25, 0.3) is 0 Å². The highest BCUT2D eigenvalue weighted by molar-refractivity contribution is 7.99. The molecule has 2 rings (SSSR count). The van der Waals surface area contributed by atoms with Crippen LogP contribution in [0.2, 0.25) is 5.02 Å². The maximum absolute atomic E-state index is 14.0. The van der Waals surface area contributed by atoms with Crippen molar-refractivity contribution in [3.63, 3.8) is 0 Å². The summed E-state index contributed by atoms with van der Waals surface area (Å²) in [7, 11) is 1.57. The van der Waals surface area contributed by atoms with Gasteiger partial charge in [-0.1, -0.05) is 29.8 Å². The summed E-state index contributed by atoms with van der Waals surface area (Å²) in [5.41, 5.74) is 1.22. The number of rotatable bonds is 10. The average molecular weight is 453 g/mol. The van der Waals surface area contributed by atoms with Crippen LogP contribution in [0.15, 0.2) is 42.5 Å². The quantitative estimate of drug-likeness (QED) is 0.584. The van der Waals surface area contributed by atoms with E-state index in [4.69, 9.17) is 16.3 Å². The van der Waals surface area contributed by atoms with Crippen molar-refractivity contribution in [1.29, 1.82) is 0 Å². The molecule has 0 radical (unpaired) electrons. The van der Waals surface area contributed by atoms with E-state index in [-0.39, 0.29) is 29.9 Å². The number of methoxy groups -OCH3 is 1. The van der Waals surface area contributed by atoms with Gasteiger partial charge < -0.3 is 15.0 Å². The van der Waals surface area contributed by atoms with Crippen molar-refractivity contribution in [2.45, 2.75) is 32.2 Å². The SMILES string of the molecule is CCNC(=O)C(C)N(Cc1cccc(OC)c1)C(=O)CSCc1c(F)cccc1Cl. The number of amides is 2. The first kappa shape index (κ1) is 24.0. The molecule has 8 heteroatoms. The molecule has 0 saturated heterocycles. The van der Waals surface area contributed by atoms with Crippen molar-refractivity contribution >= 4 is 35.2 Å². The summed E-state index contributed by atoms with van der Waals surface area (Å²) >= 11 is 7.32. The Balaban J connectivity index is 2.11. The number of benzene rings is 2. The lowest BCUT2D eigenvalue weighted by molar-refractivity contribution is -0.138. The highest BCUT2D eigenvalue weighted by atomic mass is 35.5. The second-order valence-corrected chi connectivity index (χ2v) is 8.03. The largest absolute Gasteiger partial charge is 0.497 e. The first-order valence-electron chi connectivity index (χ1n) is 9.58. The van der Waals surface area contributed by atoms with Gasteiger partial charge in [0.15, 0.2) is 0 Å². The normalized spacial score (nSPS) is 11.6. The standard InChI is InChI=1S/C22H26ClFN2O3S/c1-4-25-22(28)15(2)26(12-16-7-5-8-17(11-16)29-3)21(27)14-30-13-18-19(23)9-6-10-20(18)24/h5-11,15H,4,12-14H2,1-3H3,(H,25,28). The van der Waals surface area contributed by atoms with Gasteiger partial charge >= 0.3 is 0 Å². The third kappa shape index (κ3) is 6.64. The van der Waals surface area contributed by atoms with Crippen molar-refractivity contribution in [2.24, 2.45) is 0 Å². The highest BCUT2D eigenvalue weighted by Gasteiger charge is 2.26. The third-order valence-electron chi connectivity index (χ3n) is 4.54. The molecule has 0 saturated carbocycles. The lowest BCUT2D eigenvalue weighted by Gasteiger charge is -2.28. The summed E-state index contributed by atoms with van der Waals surface area (Å²) in [6.45, 7) is 4.26. The third-order valence-corrected chi connectivity index (χ3v) is 5.84. The second kappa shape index (κ2) is 11.8. The monoisotopic (exact) mass is 452 g/mol. The molecule has 0 aromatic heterocycles. The predicted octanol–water partition coefficient (Wildman–Crippen LogP) is 4.27. The fourth-order valence-corrected chi connectivity index (χ4v) is 4.11. The van der Waals surface area contributed by atoms with Gasteiger partial charge in [-0.2, -0.15) is 0 Å². The van der Waals surface area contributed by atoms with Gasteiger partial charge in [-0.3, -0.25) is 9.59 Å². The van der Waals surface area contributed by atoms with Crippen LogP contribution in [0.5, 0.6) is 5.75 Å². The Morgan fingerprint density at radius 1 is 1.27 bits per heavy atom. The van der Waals surface area contributed by atoms with Crippen molar-refractivity contribution in [1.82, 2.24) is 10.2 Å². The summed E-state index contributed by atoms with van der Waals surface area (Å²) in [6.07, 6.45) is 0. The molecule has 0 bridgehead atoms. The van der Waals surface area contributed by atoms with Crippen LogP contribution in [0.4, 0.5) is 4.39 Å². The van der Waals surface area contributed by atoms with E-state index in [1.807, 2.05) is 31.2 Å². The summed E-state index contributed by atoms with van der Waals surface area (Å²) in [5, 5.41) is 3.09. The molecule has 1 N–H and O–H groups in total. The number of likely N-dealkylation sites (N-methyl/N-ethyl adjacent to an activating group) is 1. The Morgan fingerprint density at radius 2 is 2.00 bits per heavy atom. The van der Waals surface area contributed by atoms with Crippen LogP contribution in [0, 0.1) is 5.82 Å². The average Bonchev–Trinajstić information content (AvgIpc) is 2.73. The van der Waals surface area contributed by atoms with Crippen molar-refractivity contribution in [3.8, 4) is 5.75 Å². The summed E-state index contributed by atoms with van der Waals surface area (Å²) in [4.78, 5) is 26.9. The van der Waals surface area contributed by atoms with Gasteiger partial charge in [-0.15, -0.1) is 11.8 Å². The molecule has 2 amide bonds.